The largest absolute Gasteiger partial charge is 0.497 e. The molecule has 2 aliphatic heterocycles. The number of nitrogens with one attached hydrogen (secondary N) is 1. The molecule has 2 aromatic heterocycles. The number of nitrogens with zero attached hydrogens (tertiary/aromatic N) is 3. The summed E-state index contributed by atoms with van der Waals surface area (Å²) in [5.74, 6) is 0.587. The lowest BCUT2D eigenvalue weighted by molar-refractivity contribution is 0.0594. The number of ether oxygens (including phenoxy) is 1. The van der Waals surface area contributed by atoms with Crippen LogP contribution in [0.1, 0.15) is 28.4 Å². The summed E-state index contributed by atoms with van der Waals surface area (Å²) < 4.78 is 34.8. The van der Waals surface area contributed by atoms with Crippen molar-refractivity contribution in [2.24, 2.45) is 5.92 Å². The second kappa shape index (κ2) is 8.60. The van der Waals surface area contributed by atoms with E-state index in [1.807, 2.05) is 4.90 Å². The number of hydrogen-bond donors (Lipinski definition) is 1. The molecule has 0 aliphatic carbocycles. The molecule has 2 atom stereocenters. The highest BCUT2D eigenvalue weighted by molar-refractivity contribution is 7.92. The van der Waals surface area contributed by atoms with Gasteiger partial charge < -0.3 is 14.2 Å². The summed E-state index contributed by atoms with van der Waals surface area (Å²) >= 11 is 0. The number of piperidine rings is 1. The van der Waals surface area contributed by atoms with E-state index >= 15 is 0 Å². The van der Waals surface area contributed by atoms with Gasteiger partial charge in [-0.25, -0.2) is 8.42 Å². The first-order valence-corrected chi connectivity index (χ1v) is 12.4. The van der Waals surface area contributed by atoms with Crippen LogP contribution in [0.3, 0.4) is 0 Å². The van der Waals surface area contributed by atoms with Crippen molar-refractivity contribution in [3.8, 4) is 5.75 Å². The van der Waals surface area contributed by atoms with E-state index in [2.05, 4.69) is 9.71 Å². The Morgan fingerprint density at radius 2 is 1.88 bits per heavy atom. The number of hydrogen-bond acceptors (Lipinski definition) is 6. The van der Waals surface area contributed by atoms with Gasteiger partial charge >= 0.3 is 0 Å². The smallest absolute Gasteiger partial charge is 0.275 e. The third kappa shape index (κ3) is 4.05. The quantitative estimate of drug-likeness (QED) is 0.600. The Labute approximate surface area is 197 Å². The molecule has 1 N–H and O–H groups in total. The fourth-order valence-corrected chi connectivity index (χ4v) is 5.88. The Balaban J connectivity index is 1.39. The van der Waals surface area contributed by atoms with Gasteiger partial charge in [-0.3, -0.25) is 19.3 Å². The topological polar surface area (TPSA) is 111 Å². The van der Waals surface area contributed by atoms with Crippen molar-refractivity contribution in [1.29, 1.82) is 0 Å². The van der Waals surface area contributed by atoms with Crippen LogP contribution in [0.5, 0.6) is 5.75 Å². The number of carbonyl (C=O) groups excluding carboxylic acids is 1. The van der Waals surface area contributed by atoms with Crippen molar-refractivity contribution in [2.75, 3.05) is 24.9 Å². The van der Waals surface area contributed by atoms with Gasteiger partial charge in [0.15, 0.2) is 0 Å². The van der Waals surface area contributed by atoms with E-state index in [1.54, 1.807) is 47.3 Å². The van der Waals surface area contributed by atoms with E-state index in [0.29, 0.717) is 30.9 Å². The van der Waals surface area contributed by atoms with Crippen LogP contribution in [0.4, 0.5) is 5.69 Å². The number of likely N-dealkylation sites (tertiary alicyclic amines) is 1. The van der Waals surface area contributed by atoms with E-state index in [4.69, 9.17) is 4.74 Å². The number of pyridine rings is 2. The molecule has 0 saturated carbocycles. The second-order valence-corrected chi connectivity index (χ2v) is 10.3. The second-order valence-electron chi connectivity index (χ2n) is 8.62. The molecule has 9 nitrogen and oxygen atoms in total. The SMILES string of the molecule is COc1ccc(S(=O)(=O)Nc2ccc3n(c2=O)C[C@H]2C[C@@H]3CN(C(=O)c3cccnc3)C2)cc1. The molecule has 0 radical (unpaired) electrons. The third-order valence-corrected chi connectivity index (χ3v) is 7.80. The zero-order valence-corrected chi connectivity index (χ0v) is 19.4. The highest BCUT2D eigenvalue weighted by Gasteiger charge is 2.37. The van der Waals surface area contributed by atoms with Crippen molar-refractivity contribution in [1.82, 2.24) is 14.5 Å². The fourth-order valence-electron chi connectivity index (χ4n) is 4.82. The van der Waals surface area contributed by atoms with Gasteiger partial charge in [0, 0.05) is 43.6 Å². The van der Waals surface area contributed by atoms with Gasteiger partial charge in [0.1, 0.15) is 11.4 Å². The summed E-state index contributed by atoms with van der Waals surface area (Å²) in [5, 5.41) is 0. The summed E-state index contributed by atoms with van der Waals surface area (Å²) in [4.78, 5) is 32.0. The van der Waals surface area contributed by atoms with Crippen LogP contribution in [0.25, 0.3) is 0 Å². The van der Waals surface area contributed by atoms with E-state index in [9.17, 15) is 18.0 Å². The molecule has 2 bridgehead atoms. The molecule has 1 saturated heterocycles. The number of amides is 1. The van der Waals surface area contributed by atoms with Crippen molar-refractivity contribution in [2.45, 2.75) is 23.8 Å². The lowest BCUT2D eigenvalue weighted by Crippen LogP contribution is -2.49. The van der Waals surface area contributed by atoms with E-state index in [-0.39, 0.29) is 33.9 Å². The number of benzene rings is 1. The monoisotopic (exact) mass is 480 g/mol. The molecular formula is C24H24N4O5S. The highest BCUT2D eigenvalue weighted by Crippen LogP contribution is 2.36. The van der Waals surface area contributed by atoms with E-state index in [1.165, 1.54) is 25.3 Å². The minimum absolute atomic E-state index is 0.00262. The zero-order chi connectivity index (χ0) is 23.9. The first-order valence-electron chi connectivity index (χ1n) is 11.0. The average Bonchev–Trinajstić information content (AvgIpc) is 2.86. The molecule has 3 aromatic rings. The Kier molecular flexibility index (Phi) is 5.60. The van der Waals surface area contributed by atoms with E-state index < -0.39 is 10.0 Å². The molecule has 1 fully saturated rings. The molecule has 4 heterocycles. The Morgan fingerprint density at radius 1 is 1.09 bits per heavy atom. The van der Waals surface area contributed by atoms with Gasteiger partial charge in [0.05, 0.1) is 17.6 Å². The number of methoxy groups -OCH3 is 1. The van der Waals surface area contributed by atoms with Gasteiger partial charge in [0.2, 0.25) is 0 Å². The molecule has 0 spiro atoms. The molecule has 34 heavy (non-hydrogen) atoms. The fraction of sp³-hybridized carbons (Fsp3) is 0.292. The number of rotatable bonds is 5. The van der Waals surface area contributed by atoms with Crippen molar-refractivity contribution in [3.05, 3.63) is 82.5 Å². The predicted molar refractivity (Wildman–Crippen MR) is 125 cm³/mol. The first-order chi connectivity index (χ1) is 16.4. The van der Waals surface area contributed by atoms with Crippen LogP contribution in [0, 0.1) is 5.92 Å². The Morgan fingerprint density at radius 3 is 2.59 bits per heavy atom. The Hall–Kier alpha value is -3.66. The first kappa shape index (κ1) is 22.1. The summed E-state index contributed by atoms with van der Waals surface area (Å²) in [6, 6.07) is 12.7. The van der Waals surface area contributed by atoms with Crippen LogP contribution < -0.4 is 15.0 Å². The lowest BCUT2D eigenvalue weighted by atomic mass is 9.83. The molecular weight excluding hydrogens is 456 g/mol. The molecule has 1 amide bonds. The van der Waals surface area contributed by atoms with Gasteiger partial charge in [0.25, 0.3) is 21.5 Å². The average molecular weight is 481 g/mol. The Bertz CT molecular complexity index is 1390. The predicted octanol–water partition coefficient (Wildman–Crippen LogP) is 2.31. The molecule has 176 valence electrons. The molecule has 2 aliphatic rings. The molecule has 5 rings (SSSR count). The standard InChI is InChI=1S/C24H24N4O5S/c1-33-19-4-6-20(7-5-19)34(31,32)26-21-8-9-22-18-11-16(14-28(22)24(21)30)13-27(15-18)23(29)17-3-2-10-25-12-17/h2-10,12,16,18,26H,11,13-15H2,1H3/t16-,18+/m0/s1. The summed E-state index contributed by atoms with van der Waals surface area (Å²) in [6.45, 7) is 1.47. The van der Waals surface area contributed by atoms with Gasteiger partial charge in [-0.2, -0.15) is 0 Å². The maximum atomic E-state index is 13.2. The highest BCUT2D eigenvalue weighted by atomic mass is 32.2. The summed E-state index contributed by atoms with van der Waals surface area (Å²) in [6.07, 6.45) is 4.07. The van der Waals surface area contributed by atoms with Crippen LogP contribution in [-0.4, -0.2) is 49.0 Å². The van der Waals surface area contributed by atoms with Crippen molar-refractivity contribution >= 4 is 21.6 Å². The minimum atomic E-state index is -3.93. The molecule has 0 unspecified atom stereocenters. The van der Waals surface area contributed by atoms with Crippen molar-refractivity contribution < 1.29 is 17.9 Å². The number of sulfonamides is 1. The minimum Gasteiger partial charge on any atom is -0.497 e. The zero-order valence-electron chi connectivity index (χ0n) is 18.5. The molecule has 10 heteroatoms. The normalized spacial score (nSPS) is 19.3. The van der Waals surface area contributed by atoms with Gasteiger partial charge in [-0.1, -0.05) is 0 Å². The maximum absolute atomic E-state index is 13.2. The number of carbonyl (C=O) groups is 1. The van der Waals surface area contributed by atoms with Crippen LogP contribution >= 0.6 is 0 Å². The van der Waals surface area contributed by atoms with Crippen molar-refractivity contribution in [3.63, 3.8) is 0 Å². The van der Waals surface area contributed by atoms with Gasteiger partial charge in [-0.15, -0.1) is 0 Å². The summed E-state index contributed by atoms with van der Waals surface area (Å²) in [5.41, 5.74) is 0.986. The molecule has 1 aromatic carbocycles. The number of aromatic nitrogens is 2. The van der Waals surface area contributed by atoms with Crippen LogP contribution in [0.2, 0.25) is 0 Å². The third-order valence-electron chi connectivity index (χ3n) is 6.41. The summed E-state index contributed by atoms with van der Waals surface area (Å²) in [7, 11) is -2.44. The van der Waals surface area contributed by atoms with E-state index in [0.717, 1.165) is 12.1 Å². The van der Waals surface area contributed by atoms with Crippen LogP contribution in [0.15, 0.2) is 70.6 Å². The number of fused-ring (bicyclic) bond motifs is 4. The number of anilines is 1. The van der Waals surface area contributed by atoms with Gasteiger partial charge in [-0.05, 0) is 60.9 Å². The van der Waals surface area contributed by atoms with Crippen LogP contribution in [-0.2, 0) is 16.6 Å². The maximum Gasteiger partial charge on any atom is 0.275 e. The lowest BCUT2D eigenvalue weighted by Gasteiger charge is -2.42.